The fourth-order valence-electron chi connectivity index (χ4n) is 2.48. The Labute approximate surface area is 112 Å². The SMILES string of the molecule is CC.CO.OCC1CCCC(c2ccccc2)C1. The number of hydrogen-bond donors (Lipinski definition) is 2. The van der Waals surface area contributed by atoms with E-state index < -0.39 is 0 Å². The lowest BCUT2D eigenvalue weighted by Crippen LogP contribution is -2.16. The van der Waals surface area contributed by atoms with Gasteiger partial charge >= 0.3 is 0 Å². The third kappa shape index (κ3) is 5.65. The average Bonchev–Trinajstić information content (AvgIpc) is 2.52. The normalized spacial score (nSPS) is 22.1. The lowest BCUT2D eigenvalue weighted by molar-refractivity contribution is 0.180. The molecular formula is C16H28O2. The molecule has 2 unspecified atom stereocenters. The molecule has 1 aromatic carbocycles. The van der Waals surface area contributed by atoms with Gasteiger partial charge in [0.05, 0.1) is 0 Å². The van der Waals surface area contributed by atoms with E-state index in [2.05, 4.69) is 30.3 Å². The number of rotatable bonds is 2. The molecular weight excluding hydrogens is 224 g/mol. The Kier molecular flexibility index (Phi) is 10.7. The Balaban J connectivity index is 0.000000659. The van der Waals surface area contributed by atoms with E-state index in [9.17, 15) is 0 Å². The van der Waals surface area contributed by atoms with Crippen LogP contribution in [-0.2, 0) is 0 Å². The van der Waals surface area contributed by atoms with Gasteiger partial charge in [0, 0.05) is 13.7 Å². The van der Waals surface area contributed by atoms with Crippen molar-refractivity contribution in [2.75, 3.05) is 13.7 Å². The Morgan fingerprint density at radius 3 is 2.22 bits per heavy atom. The third-order valence-electron chi connectivity index (χ3n) is 3.31. The molecule has 1 aromatic rings. The van der Waals surface area contributed by atoms with Gasteiger partial charge < -0.3 is 10.2 Å². The van der Waals surface area contributed by atoms with Crippen molar-refractivity contribution in [3.8, 4) is 0 Å². The van der Waals surface area contributed by atoms with Crippen molar-refractivity contribution >= 4 is 0 Å². The summed E-state index contributed by atoms with van der Waals surface area (Å²) in [7, 11) is 1.00. The first-order valence-electron chi connectivity index (χ1n) is 7.00. The Bertz CT molecular complexity index is 272. The van der Waals surface area contributed by atoms with Crippen LogP contribution in [0.3, 0.4) is 0 Å². The van der Waals surface area contributed by atoms with Gasteiger partial charge in [-0.05, 0) is 36.7 Å². The Morgan fingerprint density at radius 1 is 1.06 bits per heavy atom. The zero-order valence-corrected chi connectivity index (χ0v) is 12.0. The summed E-state index contributed by atoms with van der Waals surface area (Å²) < 4.78 is 0. The van der Waals surface area contributed by atoms with Gasteiger partial charge in [0.15, 0.2) is 0 Å². The highest BCUT2D eigenvalue weighted by atomic mass is 16.3. The number of hydrogen-bond acceptors (Lipinski definition) is 2. The van der Waals surface area contributed by atoms with E-state index in [0.717, 1.165) is 7.11 Å². The van der Waals surface area contributed by atoms with Crippen LogP contribution in [0, 0.1) is 5.92 Å². The summed E-state index contributed by atoms with van der Waals surface area (Å²) in [4.78, 5) is 0. The standard InChI is InChI=1S/C13H18O.C2H6.CH4O/c14-10-11-5-4-8-13(9-11)12-6-2-1-3-7-12;2*1-2/h1-3,6-7,11,13-14H,4-5,8-10H2;1-2H3;2H,1H3. The number of aliphatic hydroxyl groups excluding tert-OH is 2. The van der Waals surface area contributed by atoms with Gasteiger partial charge in [0.2, 0.25) is 0 Å². The molecule has 1 saturated carbocycles. The molecule has 0 bridgehead atoms. The molecule has 1 aliphatic rings. The quantitative estimate of drug-likeness (QED) is 0.844. The first-order valence-corrected chi connectivity index (χ1v) is 7.00. The third-order valence-corrected chi connectivity index (χ3v) is 3.31. The van der Waals surface area contributed by atoms with Crippen LogP contribution in [0.5, 0.6) is 0 Å². The van der Waals surface area contributed by atoms with Crippen LogP contribution >= 0.6 is 0 Å². The summed E-state index contributed by atoms with van der Waals surface area (Å²) in [5.41, 5.74) is 1.45. The van der Waals surface area contributed by atoms with E-state index in [0.29, 0.717) is 18.4 Å². The second-order valence-electron chi connectivity index (χ2n) is 4.32. The molecule has 18 heavy (non-hydrogen) atoms. The molecule has 2 N–H and O–H groups in total. The van der Waals surface area contributed by atoms with E-state index >= 15 is 0 Å². The Hall–Kier alpha value is -0.860. The second-order valence-corrected chi connectivity index (χ2v) is 4.32. The largest absolute Gasteiger partial charge is 0.400 e. The summed E-state index contributed by atoms with van der Waals surface area (Å²) >= 11 is 0. The predicted octanol–water partition coefficient (Wildman–Crippen LogP) is 3.59. The summed E-state index contributed by atoms with van der Waals surface area (Å²) in [5.74, 6) is 1.22. The average molecular weight is 252 g/mol. The zero-order chi connectivity index (χ0) is 13.8. The maximum atomic E-state index is 9.16. The molecule has 2 heteroatoms. The van der Waals surface area contributed by atoms with Gasteiger partial charge in [0.25, 0.3) is 0 Å². The molecule has 0 radical (unpaired) electrons. The molecule has 2 nitrogen and oxygen atoms in total. The number of benzene rings is 1. The first-order chi connectivity index (χ1) is 8.90. The topological polar surface area (TPSA) is 40.5 Å². The van der Waals surface area contributed by atoms with Crippen LogP contribution in [0.15, 0.2) is 30.3 Å². The molecule has 104 valence electrons. The molecule has 0 spiro atoms. The van der Waals surface area contributed by atoms with E-state index in [1.807, 2.05) is 13.8 Å². The molecule has 2 atom stereocenters. The molecule has 0 heterocycles. The zero-order valence-electron chi connectivity index (χ0n) is 12.0. The maximum Gasteiger partial charge on any atom is 0.0459 e. The minimum atomic E-state index is 0.364. The van der Waals surface area contributed by atoms with Crippen molar-refractivity contribution < 1.29 is 10.2 Å². The van der Waals surface area contributed by atoms with Gasteiger partial charge in [0.1, 0.15) is 0 Å². The van der Waals surface area contributed by atoms with Gasteiger partial charge in [-0.25, -0.2) is 0 Å². The lowest BCUT2D eigenvalue weighted by Gasteiger charge is -2.28. The van der Waals surface area contributed by atoms with Crippen LogP contribution in [0.4, 0.5) is 0 Å². The van der Waals surface area contributed by atoms with Crippen molar-refractivity contribution in [3.63, 3.8) is 0 Å². The summed E-state index contributed by atoms with van der Waals surface area (Å²) in [6.45, 7) is 4.36. The smallest absolute Gasteiger partial charge is 0.0459 e. The van der Waals surface area contributed by atoms with Crippen molar-refractivity contribution in [1.29, 1.82) is 0 Å². The lowest BCUT2D eigenvalue weighted by atomic mass is 9.78. The van der Waals surface area contributed by atoms with Crippen molar-refractivity contribution in [3.05, 3.63) is 35.9 Å². The van der Waals surface area contributed by atoms with Crippen molar-refractivity contribution in [2.24, 2.45) is 5.92 Å². The van der Waals surface area contributed by atoms with Crippen LogP contribution < -0.4 is 0 Å². The molecule has 0 saturated heterocycles. The maximum absolute atomic E-state index is 9.16. The fraction of sp³-hybridized carbons (Fsp3) is 0.625. The molecule has 0 amide bonds. The highest BCUT2D eigenvalue weighted by Crippen LogP contribution is 2.35. The van der Waals surface area contributed by atoms with Crippen LogP contribution in [-0.4, -0.2) is 23.9 Å². The second kappa shape index (κ2) is 11.2. The van der Waals surface area contributed by atoms with E-state index in [-0.39, 0.29) is 0 Å². The van der Waals surface area contributed by atoms with Crippen LogP contribution in [0.2, 0.25) is 0 Å². The molecule has 0 aromatic heterocycles. The monoisotopic (exact) mass is 252 g/mol. The van der Waals surface area contributed by atoms with Gasteiger partial charge in [-0.3, -0.25) is 0 Å². The summed E-state index contributed by atoms with van der Waals surface area (Å²) in [5, 5.41) is 16.2. The van der Waals surface area contributed by atoms with Gasteiger partial charge in [-0.15, -0.1) is 0 Å². The van der Waals surface area contributed by atoms with Crippen molar-refractivity contribution in [2.45, 2.75) is 45.4 Å². The summed E-state index contributed by atoms with van der Waals surface area (Å²) in [6.07, 6.45) is 4.94. The highest BCUT2D eigenvalue weighted by molar-refractivity contribution is 5.19. The van der Waals surface area contributed by atoms with Crippen LogP contribution in [0.1, 0.15) is 51.0 Å². The highest BCUT2D eigenvalue weighted by Gasteiger charge is 2.22. The summed E-state index contributed by atoms with van der Waals surface area (Å²) in [6, 6.07) is 10.7. The van der Waals surface area contributed by atoms with E-state index in [4.69, 9.17) is 10.2 Å². The fourth-order valence-corrected chi connectivity index (χ4v) is 2.48. The Morgan fingerprint density at radius 2 is 1.67 bits per heavy atom. The molecule has 2 rings (SSSR count). The van der Waals surface area contributed by atoms with Gasteiger partial charge in [-0.2, -0.15) is 0 Å². The van der Waals surface area contributed by atoms with E-state index in [1.165, 1.54) is 31.2 Å². The molecule has 1 fully saturated rings. The van der Waals surface area contributed by atoms with Crippen LogP contribution in [0.25, 0.3) is 0 Å². The van der Waals surface area contributed by atoms with Crippen molar-refractivity contribution in [1.82, 2.24) is 0 Å². The van der Waals surface area contributed by atoms with E-state index in [1.54, 1.807) is 0 Å². The van der Waals surface area contributed by atoms with Gasteiger partial charge in [-0.1, -0.05) is 50.6 Å². The molecule has 1 aliphatic carbocycles. The minimum Gasteiger partial charge on any atom is -0.400 e. The predicted molar refractivity (Wildman–Crippen MR) is 77.7 cm³/mol. The first kappa shape index (κ1) is 17.1. The number of aliphatic hydroxyl groups is 2. The molecule has 0 aliphatic heterocycles. The minimum absolute atomic E-state index is 0.364.